The molecule has 127 valence electrons. The Morgan fingerprint density at radius 1 is 0.917 bits per heavy atom. The van der Waals surface area contributed by atoms with E-state index in [4.69, 9.17) is 0 Å². The van der Waals surface area contributed by atoms with Gasteiger partial charge in [-0.1, -0.05) is 80.7 Å². The highest BCUT2D eigenvalue weighted by atomic mass is 28.3. The average molecular weight is 340 g/mol. The standard InChI is InChI=1S/C22H28FSi/c1-17(2)24-15-13-19(14-16-24)4-3-18-5-7-20(8-6-18)21-9-11-22(23)12-10-21/h5-12,17,19H,3-4,13-16H2,1-2H3. The van der Waals surface area contributed by atoms with Crippen molar-refractivity contribution in [3.63, 3.8) is 0 Å². The molecule has 1 aliphatic heterocycles. The number of hydrogen-bond acceptors (Lipinski definition) is 0. The molecule has 2 heteroatoms. The van der Waals surface area contributed by atoms with E-state index in [1.54, 1.807) is 0 Å². The van der Waals surface area contributed by atoms with Crippen molar-refractivity contribution >= 4 is 8.80 Å². The smallest absolute Gasteiger partial charge is 0.123 e. The van der Waals surface area contributed by atoms with E-state index in [1.807, 2.05) is 12.1 Å². The van der Waals surface area contributed by atoms with Crippen molar-refractivity contribution in [1.29, 1.82) is 0 Å². The highest BCUT2D eigenvalue weighted by molar-refractivity contribution is 6.60. The zero-order valence-corrected chi connectivity index (χ0v) is 15.9. The predicted molar refractivity (Wildman–Crippen MR) is 103 cm³/mol. The van der Waals surface area contributed by atoms with Gasteiger partial charge in [0.2, 0.25) is 0 Å². The first-order valence-corrected chi connectivity index (χ1v) is 11.3. The monoisotopic (exact) mass is 339 g/mol. The third-order valence-electron chi connectivity index (χ3n) is 5.54. The highest BCUT2D eigenvalue weighted by Crippen LogP contribution is 2.33. The maximum atomic E-state index is 13.0. The van der Waals surface area contributed by atoms with E-state index in [1.165, 1.54) is 61.0 Å². The van der Waals surface area contributed by atoms with Gasteiger partial charge in [-0.25, -0.2) is 4.39 Å². The van der Waals surface area contributed by atoms with Crippen LogP contribution in [0.25, 0.3) is 11.1 Å². The second kappa shape index (κ2) is 8.11. The van der Waals surface area contributed by atoms with E-state index in [-0.39, 0.29) is 14.6 Å². The molecule has 1 fully saturated rings. The minimum atomic E-state index is -0.176. The van der Waals surface area contributed by atoms with Gasteiger partial charge < -0.3 is 0 Å². The molecule has 2 aromatic carbocycles. The Bertz CT molecular complexity index is 622. The fourth-order valence-corrected chi connectivity index (χ4v) is 6.75. The fourth-order valence-electron chi connectivity index (χ4n) is 3.79. The summed E-state index contributed by atoms with van der Waals surface area (Å²) in [5, 5.41) is 0. The van der Waals surface area contributed by atoms with E-state index in [2.05, 4.69) is 38.1 Å². The third kappa shape index (κ3) is 4.57. The fraction of sp³-hybridized carbons (Fsp3) is 0.455. The Hall–Kier alpha value is -1.41. The van der Waals surface area contributed by atoms with Crippen molar-refractivity contribution in [3.05, 3.63) is 59.9 Å². The molecule has 24 heavy (non-hydrogen) atoms. The summed E-state index contributed by atoms with van der Waals surface area (Å²) < 4.78 is 13.0. The van der Waals surface area contributed by atoms with E-state index >= 15 is 0 Å². The molecule has 0 aromatic heterocycles. The molecule has 0 unspecified atom stereocenters. The second-order valence-electron chi connectivity index (χ2n) is 7.50. The summed E-state index contributed by atoms with van der Waals surface area (Å²) in [5.41, 5.74) is 4.63. The highest BCUT2D eigenvalue weighted by Gasteiger charge is 2.24. The molecular weight excluding hydrogens is 311 g/mol. The summed E-state index contributed by atoms with van der Waals surface area (Å²) in [5.74, 6) is 0.763. The molecule has 0 bridgehead atoms. The van der Waals surface area contributed by atoms with Gasteiger partial charge in [0.1, 0.15) is 5.82 Å². The summed E-state index contributed by atoms with van der Waals surface area (Å²) in [6, 6.07) is 18.6. The summed E-state index contributed by atoms with van der Waals surface area (Å²) in [7, 11) is -0.0452. The number of rotatable bonds is 5. The first-order chi connectivity index (χ1) is 11.6. The Labute approximate surface area is 147 Å². The SMILES string of the molecule is CC(C)[Si]1CCC(CCc2ccc(-c3ccc(F)cc3)cc2)CC1. The van der Waals surface area contributed by atoms with E-state index < -0.39 is 0 Å². The zero-order chi connectivity index (χ0) is 16.9. The Morgan fingerprint density at radius 3 is 2.00 bits per heavy atom. The minimum Gasteiger partial charge on any atom is -0.207 e. The molecule has 3 rings (SSSR count). The normalized spacial score (nSPS) is 16.7. The van der Waals surface area contributed by atoms with Crippen molar-refractivity contribution in [2.75, 3.05) is 0 Å². The molecule has 1 saturated heterocycles. The van der Waals surface area contributed by atoms with Crippen molar-refractivity contribution in [2.45, 2.75) is 57.2 Å². The van der Waals surface area contributed by atoms with Gasteiger partial charge in [-0.15, -0.1) is 0 Å². The van der Waals surface area contributed by atoms with Crippen LogP contribution in [0.2, 0.25) is 17.6 Å². The quantitative estimate of drug-likeness (QED) is 0.529. The molecule has 0 N–H and O–H groups in total. The number of halogens is 1. The van der Waals surface area contributed by atoms with Crippen LogP contribution in [0.15, 0.2) is 48.5 Å². The van der Waals surface area contributed by atoms with Crippen molar-refractivity contribution in [1.82, 2.24) is 0 Å². The molecule has 0 saturated carbocycles. The third-order valence-corrected chi connectivity index (χ3v) is 9.03. The lowest BCUT2D eigenvalue weighted by molar-refractivity contribution is 0.436. The predicted octanol–water partition coefficient (Wildman–Crippen LogP) is 6.74. The Balaban J connectivity index is 1.51. The van der Waals surface area contributed by atoms with Gasteiger partial charge in [0.05, 0.1) is 8.80 Å². The average Bonchev–Trinajstić information content (AvgIpc) is 2.61. The molecule has 1 radical (unpaired) electrons. The molecule has 0 nitrogen and oxygen atoms in total. The van der Waals surface area contributed by atoms with Crippen molar-refractivity contribution in [2.24, 2.45) is 5.92 Å². The molecular formula is C22H28FSi. The topological polar surface area (TPSA) is 0 Å². The maximum Gasteiger partial charge on any atom is 0.123 e. The summed E-state index contributed by atoms with van der Waals surface area (Å²) in [6.45, 7) is 4.83. The van der Waals surface area contributed by atoms with Crippen LogP contribution in [0, 0.1) is 11.7 Å². The number of hydrogen-bond donors (Lipinski definition) is 0. The van der Waals surface area contributed by atoms with Crippen LogP contribution in [0.5, 0.6) is 0 Å². The summed E-state index contributed by atoms with van der Waals surface area (Å²) in [4.78, 5) is 0. The lowest BCUT2D eigenvalue weighted by Crippen LogP contribution is -2.24. The van der Waals surface area contributed by atoms with Crippen LogP contribution in [0.4, 0.5) is 4.39 Å². The van der Waals surface area contributed by atoms with Crippen LogP contribution >= 0.6 is 0 Å². The van der Waals surface area contributed by atoms with Crippen molar-refractivity contribution < 1.29 is 4.39 Å². The molecule has 0 atom stereocenters. The van der Waals surface area contributed by atoms with Gasteiger partial charge in [-0.2, -0.15) is 0 Å². The van der Waals surface area contributed by atoms with Gasteiger partial charge >= 0.3 is 0 Å². The lowest BCUT2D eigenvalue weighted by atomic mass is 9.93. The van der Waals surface area contributed by atoms with Crippen molar-refractivity contribution in [3.8, 4) is 11.1 Å². The zero-order valence-electron chi connectivity index (χ0n) is 14.9. The molecule has 0 amide bonds. The van der Waals surface area contributed by atoms with Gasteiger partial charge in [0.15, 0.2) is 0 Å². The molecule has 0 aliphatic carbocycles. The van der Waals surface area contributed by atoms with Crippen LogP contribution < -0.4 is 0 Å². The van der Waals surface area contributed by atoms with Crippen LogP contribution in [0.3, 0.4) is 0 Å². The first kappa shape index (κ1) is 17.4. The van der Waals surface area contributed by atoms with E-state index in [0.29, 0.717) is 0 Å². The van der Waals surface area contributed by atoms with Gasteiger partial charge in [-0.05, 0) is 47.6 Å². The second-order valence-corrected chi connectivity index (χ2v) is 11.0. The van der Waals surface area contributed by atoms with Crippen LogP contribution in [-0.2, 0) is 6.42 Å². The Morgan fingerprint density at radius 2 is 1.46 bits per heavy atom. The molecule has 2 aromatic rings. The summed E-state index contributed by atoms with van der Waals surface area (Å²) >= 11 is 0. The first-order valence-electron chi connectivity index (χ1n) is 9.31. The minimum absolute atomic E-state index is 0.0452. The van der Waals surface area contributed by atoms with E-state index in [9.17, 15) is 4.39 Å². The van der Waals surface area contributed by atoms with Gasteiger partial charge in [0.25, 0.3) is 0 Å². The van der Waals surface area contributed by atoms with Crippen LogP contribution in [-0.4, -0.2) is 8.80 Å². The van der Waals surface area contributed by atoms with Gasteiger partial charge in [0, 0.05) is 0 Å². The number of aryl methyl sites for hydroxylation is 1. The molecule has 1 heterocycles. The molecule has 0 spiro atoms. The maximum absolute atomic E-state index is 13.0. The lowest BCUT2D eigenvalue weighted by Gasteiger charge is -2.29. The Kier molecular flexibility index (Phi) is 5.88. The largest absolute Gasteiger partial charge is 0.207 e. The van der Waals surface area contributed by atoms with E-state index in [0.717, 1.165) is 17.0 Å². The summed E-state index contributed by atoms with van der Waals surface area (Å²) in [6.07, 6.45) is 5.45. The molecule has 1 aliphatic rings. The van der Waals surface area contributed by atoms with Gasteiger partial charge in [-0.3, -0.25) is 0 Å². The van der Waals surface area contributed by atoms with Crippen LogP contribution in [0.1, 0.15) is 38.7 Å². The number of benzene rings is 2.